The van der Waals surface area contributed by atoms with Crippen molar-refractivity contribution >= 4 is 11.8 Å². The number of unbranched alkanes of at least 4 members (excludes halogenated alkanes) is 1. The number of nitrogens with one attached hydrogen (secondary N) is 2. The summed E-state index contributed by atoms with van der Waals surface area (Å²) in [4.78, 5) is 29.1. The first-order valence-corrected chi connectivity index (χ1v) is 13.2. The molecule has 3 fully saturated rings. The highest BCUT2D eigenvalue weighted by Crippen LogP contribution is 2.72. The lowest BCUT2D eigenvalue weighted by Gasteiger charge is -2.26. The fourth-order valence-corrected chi connectivity index (χ4v) is 6.75. The number of amides is 2. The maximum absolute atomic E-state index is 13.3. The molecule has 1 aromatic rings. The van der Waals surface area contributed by atoms with Gasteiger partial charge in [-0.2, -0.15) is 0 Å². The first-order valence-electron chi connectivity index (χ1n) is 13.2. The predicted molar refractivity (Wildman–Crippen MR) is 132 cm³/mol. The number of carbonyl (C=O) groups excluding carboxylic acids is 2. The van der Waals surface area contributed by atoms with Gasteiger partial charge in [0.1, 0.15) is 5.75 Å². The predicted octanol–water partition coefficient (Wildman–Crippen LogP) is 3.17. The van der Waals surface area contributed by atoms with Crippen LogP contribution in [0.15, 0.2) is 36.4 Å². The lowest BCUT2D eigenvalue weighted by Crippen LogP contribution is -2.44. The number of carbonyl (C=O) groups is 2. The van der Waals surface area contributed by atoms with Crippen molar-refractivity contribution in [3.05, 3.63) is 42.0 Å². The molecule has 5 rings (SSSR count). The van der Waals surface area contributed by atoms with E-state index >= 15 is 0 Å². The number of ether oxygens (including phenoxy) is 1. The smallest absolute Gasteiger partial charge is 0.224 e. The number of nitrogens with zero attached hydrogens (tertiary/aromatic N) is 1. The molecule has 1 aliphatic heterocycles. The number of rotatable bonds is 11. The van der Waals surface area contributed by atoms with Gasteiger partial charge in [0.05, 0.1) is 18.9 Å². The van der Waals surface area contributed by atoms with Crippen LogP contribution in [-0.2, 0) is 16.0 Å². The van der Waals surface area contributed by atoms with Gasteiger partial charge >= 0.3 is 0 Å². The highest BCUT2D eigenvalue weighted by Gasteiger charge is 2.69. The van der Waals surface area contributed by atoms with Gasteiger partial charge in [0.15, 0.2) is 0 Å². The minimum Gasteiger partial charge on any atom is -0.497 e. The third-order valence-electron chi connectivity index (χ3n) is 8.72. The van der Waals surface area contributed by atoms with Crippen LogP contribution in [-0.4, -0.2) is 56.5 Å². The van der Waals surface area contributed by atoms with Gasteiger partial charge in [0.25, 0.3) is 0 Å². The van der Waals surface area contributed by atoms with E-state index < -0.39 is 0 Å². The maximum Gasteiger partial charge on any atom is 0.224 e. The second-order valence-corrected chi connectivity index (χ2v) is 10.7. The van der Waals surface area contributed by atoms with Crippen LogP contribution < -0.4 is 15.4 Å². The number of benzene rings is 1. The van der Waals surface area contributed by atoms with Crippen LogP contribution in [0.25, 0.3) is 0 Å². The summed E-state index contributed by atoms with van der Waals surface area (Å²) in [5.74, 6) is 0.936. The molecule has 2 bridgehead atoms. The summed E-state index contributed by atoms with van der Waals surface area (Å²) in [7, 11) is 1.66. The average molecular weight is 466 g/mol. The minimum atomic E-state index is -0.238. The lowest BCUT2D eigenvalue weighted by molar-refractivity contribution is -0.135. The van der Waals surface area contributed by atoms with Crippen LogP contribution in [0.3, 0.4) is 0 Å². The second-order valence-electron chi connectivity index (χ2n) is 10.7. The van der Waals surface area contributed by atoms with Crippen molar-refractivity contribution in [1.82, 2.24) is 15.5 Å². The fourth-order valence-electron chi connectivity index (χ4n) is 6.75. The molecule has 0 unspecified atom stereocenters. The third-order valence-corrected chi connectivity index (χ3v) is 8.72. The quantitative estimate of drug-likeness (QED) is 0.389. The molecule has 1 heterocycles. The molecule has 0 aromatic heterocycles. The Morgan fingerprint density at radius 1 is 0.941 bits per heavy atom. The molecule has 184 valence electrons. The van der Waals surface area contributed by atoms with Crippen LogP contribution in [0.4, 0.5) is 0 Å². The molecule has 4 atom stereocenters. The van der Waals surface area contributed by atoms with Crippen molar-refractivity contribution in [2.75, 3.05) is 39.8 Å². The van der Waals surface area contributed by atoms with Gasteiger partial charge in [-0.3, -0.25) is 9.59 Å². The standard InChI is InChI=1S/C28H39N3O3/c1-34-21-8-6-20(7-9-21)12-16-30-27(33)25-23-11-10-22(28(23)13-14-28)24(25)26(32)29-15-2-3-17-31-18-4-5-19-31/h6-11,22-25H,2-5,12-19H2,1H3,(H,29,32)(H,30,33)/t22-,23+,24-,25-/m1/s1. The molecular formula is C28H39N3O3. The van der Waals surface area contributed by atoms with E-state index in [1.807, 2.05) is 24.3 Å². The minimum absolute atomic E-state index is 0.0471. The average Bonchev–Trinajstić information content (AvgIpc) is 3.21. The van der Waals surface area contributed by atoms with Crippen LogP contribution in [0.1, 0.15) is 44.1 Å². The summed E-state index contributed by atoms with van der Waals surface area (Å²) in [5, 5.41) is 6.35. The van der Waals surface area contributed by atoms with E-state index in [0.29, 0.717) is 13.1 Å². The Labute approximate surface area is 203 Å². The van der Waals surface area contributed by atoms with E-state index in [4.69, 9.17) is 4.74 Å². The SMILES string of the molecule is COc1ccc(CCNC(=O)[C@H]2[C@H](C(=O)NCCCCN3CCCC3)[C@H]3C=C[C@@H]2C32CC2)cc1. The van der Waals surface area contributed by atoms with E-state index in [2.05, 4.69) is 27.7 Å². The van der Waals surface area contributed by atoms with Crippen molar-refractivity contribution in [2.45, 2.75) is 44.9 Å². The number of likely N-dealkylation sites (tertiary alicyclic amines) is 1. The first-order chi connectivity index (χ1) is 16.6. The summed E-state index contributed by atoms with van der Waals surface area (Å²) in [5.41, 5.74) is 1.34. The number of hydrogen-bond acceptors (Lipinski definition) is 4. The molecule has 0 radical (unpaired) electrons. The van der Waals surface area contributed by atoms with E-state index in [9.17, 15) is 9.59 Å². The van der Waals surface area contributed by atoms with Gasteiger partial charge in [0.2, 0.25) is 11.8 Å². The Kier molecular flexibility index (Phi) is 6.96. The van der Waals surface area contributed by atoms with Gasteiger partial charge in [-0.15, -0.1) is 0 Å². The number of methoxy groups -OCH3 is 1. The van der Waals surface area contributed by atoms with Crippen molar-refractivity contribution in [1.29, 1.82) is 0 Å². The molecule has 4 aliphatic rings. The highest BCUT2D eigenvalue weighted by molar-refractivity contribution is 5.90. The summed E-state index contributed by atoms with van der Waals surface area (Å²) in [6.45, 7) is 4.88. The lowest BCUT2D eigenvalue weighted by atomic mass is 9.81. The Hall–Kier alpha value is -2.34. The van der Waals surface area contributed by atoms with Crippen molar-refractivity contribution in [2.24, 2.45) is 29.1 Å². The summed E-state index contributed by atoms with van der Waals surface area (Å²) >= 11 is 0. The topological polar surface area (TPSA) is 70.7 Å². The molecule has 34 heavy (non-hydrogen) atoms. The van der Waals surface area contributed by atoms with Crippen LogP contribution in [0.5, 0.6) is 5.75 Å². The van der Waals surface area contributed by atoms with Gasteiger partial charge in [0, 0.05) is 13.1 Å². The molecule has 2 amide bonds. The molecule has 2 saturated carbocycles. The highest BCUT2D eigenvalue weighted by atomic mass is 16.5. The normalized spacial score (nSPS) is 28.4. The zero-order valence-corrected chi connectivity index (χ0v) is 20.4. The zero-order valence-electron chi connectivity index (χ0n) is 20.4. The van der Waals surface area contributed by atoms with E-state index in [0.717, 1.165) is 50.0 Å². The molecule has 2 N–H and O–H groups in total. The molecule has 1 aromatic carbocycles. The number of hydrogen-bond donors (Lipinski definition) is 2. The molecule has 3 aliphatic carbocycles. The van der Waals surface area contributed by atoms with E-state index in [1.54, 1.807) is 7.11 Å². The monoisotopic (exact) mass is 465 g/mol. The Morgan fingerprint density at radius 2 is 1.56 bits per heavy atom. The Morgan fingerprint density at radius 3 is 2.15 bits per heavy atom. The van der Waals surface area contributed by atoms with Crippen molar-refractivity contribution < 1.29 is 14.3 Å². The Bertz CT molecular complexity index is 902. The molecular weight excluding hydrogens is 426 g/mol. The van der Waals surface area contributed by atoms with Gasteiger partial charge in [-0.1, -0.05) is 24.3 Å². The summed E-state index contributed by atoms with van der Waals surface area (Å²) < 4.78 is 5.22. The van der Waals surface area contributed by atoms with Gasteiger partial charge < -0.3 is 20.3 Å². The zero-order chi connectivity index (χ0) is 23.5. The fraction of sp³-hybridized carbons (Fsp3) is 0.643. The Balaban J connectivity index is 1.13. The largest absolute Gasteiger partial charge is 0.497 e. The third kappa shape index (κ3) is 4.61. The van der Waals surface area contributed by atoms with E-state index in [1.165, 1.54) is 25.9 Å². The van der Waals surface area contributed by atoms with Gasteiger partial charge in [-0.05, 0) is 99.5 Å². The maximum atomic E-state index is 13.3. The van der Waals surface area contributed by atoms with Crippen LogP contribution in [0, 0.1) is 29.1 Å². The van der Waals surface area contributed by atoms with Crippen molar-refractivity contribution in [3.8, 4) is 5.75 Å². The van der Waals surface area contributed by atoms with Crippen molar-refractivity contribution in [3.63, 3.8) is 0 Å². The van der Waals surface area contributed by atoms with E-state index in [-0.39, 0.29) is 40.9 Å². The molecule has 6 heteroatoms. The molecule has 6 nitrogen and oxygen atoms in total. The summed E-state index contributed by atoms with van der Waals surface area (Å²) in [6.07, 6.45) is 12.3. The van der Waals surface area contributed by atoms with Gasteiger partial charge in [-0.25, -0.2) is 0 Å². The first kappa shape index (κ1) is 23.4. The molecule has 1 saturated heterocycles. The number of allylic oxidation sites excluding steroid dienone is 2. The van der Waals surface area contributed by atoms with Crippen LogP contribution >= 0.6 is 0 Å². The second kappa shape index (κ2) is 10.1. The van der Waals surface area contributed by atoms with Crippen LogP contribution in [0.2, 0.25) is 0 Å². The summed E-state index contributed by atoms with van der Waals surface area (Å²) in [6, 6.07) is 7.95. The molecule has 1 spiro atoms.